The van der Waals surface area contributed by atoms with Gasteiger partial charge in [0.05, 0.1) is 59.4 Å². The Labute approximate surface area is 359 Å². The van der Waals surface area contributed by atoms with Crippen molar-refractivity contribution < 1.29 is 46.8 Å². The molecule has 10 nitrogen and oxygen atoms in total. The van der Waals surface area contributed by atoms with Crippen LogP contribution in [0, 0.1) is 30.4 Å². The number of pyridine rings is 1. The number of hydrogen-bond acceptors (Lipinski definition) is 8. The Morgan fingerprint density at radius 2 is 1.74 bits per heavy atom. The molecule has 1 amide bonds. The standard InChI is InChI=1S/C47H50ClF2N2O8P/c1-29-17-18-35-42(24-39(51-45(35)44(29)48)30-10-3-2-4-11-30)59-34-23-40-41(53)26-47(61(56,57)28-36-37(49)15-9-16-38(36)50)25-32(47)19-21-58-20-8-7-12-31(46(55)52(40)27-34)22-43(54)60-33-13-5-6-14-33/h2-4,9-11,15-19,21,24,31-34,40H,5-8,12-14,20,22-23,25-28H2,1H3,(H,56,57)/b21-19-/t31-,32-,34-,40+,47-/m1/s1. The number of aromatic nitrogens is 1. The summed E-state index contributed by atoms with van der Waals surface area (Å²) in [4.78, 5) is 61.2. The minimum Gasteiger partial charge on any atom is -0.502 e. The molecule has 322 valence electrons. The summed E-state index contributed by atoms with van der Waals surface area (Å²) >= 11 is 6.83. The first-order valence-electron chi connectivity index (χ1n) is 21.2. The molecule has 1 aromatic heterocycles. The topological polar surface area (TPSA) is 132 Å². The molecule has 1 unspecified atom stereocenters. The van der Waals surface area contributed by atoms with E-state index in [0.717, 1.165) is 48.9 Å². The van der Waals surface area contributed by atoms with Gasteiger partial charge in [0.2, 0.25) is 13.3 Å². The molecule has 3 aromatic carbocycles. The number of ketones is 1. The van der Waals surface area contributed by atoms with Crippen molar-refractivity contribution in [2.75, 3.05) is 13.2 Å². The summed E-state index contributed by atoms with van der Waals surface area (Å²) < 4.78 is 62.6. The van der Waals surface area contributed by atoms with Gasteiger partial charge in [-0.25, -0.2) is 13.8 Å². The molecular weight excluding hydrogens is 825 g/mol. The molecule has 2 saturated carbocycles. The minimum atomic E-state index is -4.51. The van der Waals surface area contributed by atoms with Gasteiger partial charge >= 0.3 is 5.97 Å². The van der Waals surface area contributed by atoms with Crippen molar-refractivity contribution in [1.29, 1.82) is 0 Å². The first-order chi connectivity index (χ1) is 29.3. The normalized spacial score (nSPS) is 26.3. The molecule has 2 aliphatic heterocycles. The maximum atomic E-state index is 14.9. The number of benzene rings is 3. The van der Waals surface area contributed by atoms with Crippen LogP contribution in [0.3, 0.4) is 0 Å². The predicted molar refractivity (Wildman–Crippen MR) is 227 cm³/mol. The lowest BCUT2D eigenvalue weighted by Crippen LogP contribution is -2.45. The molecule has 3 heterocycles. The second kappa shape index (κ2) is 18.0. The first-order valence-corrected chi connectivity index (χ1v) is 23.4. The largest absolute Gasteiger partial charge is 0.502 e. The van der Waals surface area contributed by atoms with Crippen molar-refractivity contribution in [2.24, 2.45) is 11.8 Å². The Morgan fingerprint density at radius 3 is 2.49 bits per heavy atom. The van der Waals surface area contributed by atoms with Crippen molar-refractivity contribution in [1.82, 2.24) is 9.88 Å². The van der Waals surface area contributed by atoms with Gasteiger partial charge in [-0.1, -0.05) is 54.1 Å². The number of nitrogens with zero attached hydrogens (tertiary/aromatic N) is 2. The van der Waals surface area contributed by atoms with Gasteiger partial charge in [0, 0.05) is 41.3 Å². The molecule has 61 heavy (non-hydrogen) atoms. The first kappa shape index (κ1) is 43.0. The molecule has 8 rings (SSSR count). The molecule has 0 radical (unpaired) electrons. The van der Waals surface area contributed by atoms with Gasteiger partial charge in [0.15, 0.2) is 5.78 Å². The van der Waals surface area contributed by atoms with Crippen LogP contribution in [0.15, 0.2) is 79.1 Å². The number of rotatable bonds is 9. The third-order valence-electron chi connectivity index (χ3n) is 12.9. The lowest BCUT2D eigenvalue weighted by atomic mass is 9.95. The molecule has 4 aromatic rings. The fourth-order valence-corrected chi connectivity index (χ4v) is 12.1. The number of halogens is 3. The van der Waals surface area contributed by atoms with Gasteiger partial charge < -0.3 is 24.0 Å². The van der Waals surface area contributed by atoms with Gasteiger partial charge in [-0.05, 0) is 94.0 Å². The Morgan fingerprint density at radius 1 is 1.00 bits per heavy atom. The van der Waals surface area contributed by atoms with Gasteiger partial charge in [-0.15, -0.1) is 0 Å². The Kier molecular flexibility index (Phi) is 12.7. The average molecular weight is 875 g/mol. The van der Waals surface area contributed by atoms with E-state index < -0.39 is 83.9 Å². The van der Waals surface area contributed by atoms with Crippen molar-refractivity contribution in [3.8, 4) is 17.0 Å². The van der Waals surface area contributed by atoms with Crippen LogP contribution in [0.1, 0.15) is 81.8 Å². The second-order valence-corrected chi connectivity index (χ2v) is 20.0. The zero-order chi connectivity index (χ0) is 42.9. The number of Topliss-reactive ketones (excluding diaryl/α,β-unsaturated/α-hetero) is 1. The smallest absolute Gasteiger partial charge is 0.306 e. The van der Waals surface area contributed by atoms with Crippen LogP contribution in [0.4, 0.5) is 8.78 Å². The number of amides is 1. The molecule has 4 aliphatic rings. The summed E-state index contributed by atoms with van der Waals surface area (Å²) in [7, 11) is -4.51. The Bertz CT molecular complexity index is 2370. The molecule has 0 spiro atoms. The lowest BCUT2D eigenvalue weighted by molar-refractivity contribution is -0.154. The van der Waals surface area contributed by atoms with Crippen LogP contribution in [0.5, 0.6) is 5.75 Å². The molecule has 1 N–H and O–H groups in total. The van der Waals surface area contributed by atoms with Gasteiger partial charge in [-0.3, -0.25) is 18.9 Å². The molecule has 14 heteroatoms. The zero-order valence-corrected chi connectivity index (χ0v) is 35.7. The summed E-state index contributed by atoms with van der Waals surface area (Å²) in [5.74, 6) is -4.23. The average Bonchev–Trinajstić information content (AvgIpc) is 3.50. The number of allylic oxidation sites excluding steroid dienone is 1. The highest BCUT2D eigenvalue weighted by molar-refractivity contribution is 7.59. The predicted octanol–water partition coefficient (Wildman–Crippen LogP) is 9.88. The van der Waals surface area contributed by atoms with Crippen LogP contribution in [0.25, 0.3) is 22.2 Å². The number of ether oxygens (including phenoxy) is 3. The zero-order valence-electron chi connectivity index (χ0n) is 34.1. The third kappa shape index (κ3) is 9.13. The van der Waals surface area contributed by atoms with E-state index in [0.29, 0.717) is 46.6 Å². The quantitative estimate of drug-likeness (QED) is 0.129. The lowest BCUT2D eigenvalue weighted by Gasteiger charge is -2.30. The number of fused-ring (bicyclic) bond motifs is 3. The number of aryl methyl sites for hydroxylation is 1. The molecule has 6 atom stereocenters. The summed E-state index contributed by atoms with van der Waals surface area (Å²) in [6.07, 6.45) is 5.86. The summed E-state index contributed by atoms with van der Waals surface area (Å²) in [5.41, 5.74) is 2.27. The highest BCUT2D eigenvalue weighted by Crippen LogP contribution is 2.74. The maximum Gasteiger partial charge on any atom is 0.306 e. The van der Waals surface area contributed by atoms with E-state index in [1.807, 2.05) is 55.5 Å². The van der Waals surface area contributed by atoms with Crippen LogP contribution >= 0.6 is 19.0 Å². The van der Waals surface area contributed by atoms with E-state index >= 15 is 0 Å². The van der Waals surface area contributed by atoms with E-state index in [9.17, 15) is 32.6 Å². The SMILES string of the molecule is Cc1ccc2c(O[C@@H]3C[C@H]4C(=O)C[C@]5(P(=O)(O)Cc6c(F)cccc6F)C[C@H]5/C=C\OCCCC[C@H](CC(=O)OC5CCCC5)C(=O)N4C3)cc(-c3ccccc3)nc2c1Cl. The minimum absolute atomic E-state index is 0.00976. The van der Waals surface area contributed by atoms with Crippen LogP contribution in [0.2, 0.25) is 5.02 Å². The van der Waals surface area contributed by atoms with E-state index in [4.69, 9.17) is 30.8 Å². The number of carbonyl (C=O) groups is 3. The molecule has 0 bridgehead atoms. The van der Waals surface area contributed by atoms with Gasteiger partial charge in [-0.2, -0.15) is 0 Å². The van der Waals surface area contributed by atoms with Crippen LogP contribution in [-0.4, -0.2) is 69.0 Å². The fraction of sp³-hybridized carbons (Fsp3) is 0.447. The third-order valence-corrected chi connectivity index (χ3v) is 16.2. The Hall–Kier alpha value is -4.64. The van der Waals surface area contributed by atoms with E-state index in [-0.39, 0.29) is 38.5 Å². The molecular formula is C47H50ClF2N2O8P. The highest BCUT2D eigenvalue weighted by Gasteiger charge is 2.65. The summed E-state index contributed by atoms with van der Waals surface area (Å²) in [6, 6.07) is 17.2. The Balaban J connectivity index is 1.14. The fourth-order valence-electron chi connectivity index (χ4n) is 9.35. The molecule has 1 saturated heterocycles. The summed E-state index contributed by atoms with van der Waals surface area (Å²) in [5, 5.41) is -0.457. The molecule has 3 fully saturated rings. The molecule has 2 aliphatic carbocycles. The summed E-state index contributed by atoms with van der Waals surface area (Å²) in [6.45, 7) is 2.16. The van der Waals surface area contributed by atoms with Crippen LogP contribution < -0.4 is 4.74 Å². The van der Waals surface area contributed by atoms with Gasteiger partial charge in [0.25, 0.3) is 0 Å². The van der Waals surface area contributed by atoms with Crippen molar-refractivity contribution in [3.05, 3.63) is 107 Å². The monoisotopic (exact) mass is 874 g/mol. The maximum absolute atomic E-state index is 14.9. The second-order valence-electron chi connectivity index (χ2n) is 17.1. The van der Waals surface area contributed by atoms with Crippen molar-refractivity contribution in [2.45, 2.75) is 107 Å². The van der Waals surface area contributed by atoms with Gasteiger partial charge in [0.1, 0.15) is 29.6 Å². The number of hydrogen-bond donors (Lipinski definition) is 1. The van der Waals surface area contributed by atoms with Crippen molar-refractivity contribution in [3.63, 3.8) is 0 Å². The van der Waals surface area contributed by atoms with Crippen LogP contribution in [-0.2, 0) is 34.6 Å². The van der Waals surface area contributed by atoms with E-state index in [2.05, 4.69) is 0 Å². The van der Waals surface area contributed by atoms with E-state index in [1.54, 1.807) is 6.08 Å². The highest BCUT2D eigenvalue weighted by atomic mass is 35.5. The van der Waals surface area contributed by atoms with Crippen molar-refractivity contribution >= 4 is 47.5 Å². The number of esters is 1. The van der Waals surface area contributed by atoms with E-state index in [1.165, 1.54) is 17.2 Å². The number of carbonyl (C=O) groups excluding carboxylic acids is 3.